The summed E-state index contributed by atoms with van der Waals surface area (Å²) in [4.78, 5) is 36.5. The van der Waals surface area contributed by atoms with Gasteiger partial charge < -0.3 is 14.7 Å². The summed E-state index contributed by atoms with van der Waals surface area (Å²) in [5.74, 6) is 2.30. The molecule has 5 rings (SSSR count). The molecule has 0 aromatic carbocycles. The minimum Gasteiger partial charge on any atom is -0.355 e. The van der Waals surface area contributed by atoms with E-state index in [-0.39, 0.29) is 5.91 Å². The Kier molecular flexibility index (Phi) is 4.29. The molecule has 1 aromatic heterocycles. The molecular weight excluding hydrogens is 340 g/mol. The van der Waals surface area contributed by atoms with Crippen LogP contribution in [0.4, 0.5) is 5.82 Å². The lowest BCUT2D eigenvalue weighted by molar-refractivity contribution is -0.142. The van der Waals surface area contributed by atoms with Crippen LogP contribution in [0.3, 0.4) is 0 Å². The summed E-state index contributed by atoms with van der Waals surface area (Å²) in [7, 11) is 0. The maximum atomic E-state index is 13.0. The molecule has 0 unspecified atom stereocenters. The molecule has 144 valence electrons. The number of piperidine rings is 3. The zero-order valence-corrected chi connectivity index (χ0v) is 15.8. The van der Waals surface area contributed by atoms with Gasteiger partial charge in [0.15, 0.2) is 0 Å². The zero-order chi connectivity index (χ0) is 18.4. The summed E-state index contributed by atoms with van der Waals surface area (Å²) in [6, 6.07) is 4.19. The Bertz CT molecular complexity index is 745. The average Bonchev–Trinajstić information content (AvgIpc) is 3.23. The number of hydrogen-bond acceptors (Lipinski definition) is 4. The topological polar surface area (TPSA) is 56.8 Å². The Morgan fingerprint density at radius 3 is 2.81 bits per heavy atom. The third-order valence-corrected chi connectivity index (χ3v) is 6.89. The molecule has 4 aliphatic heterocycles. The number of aromatic nitrogens is 1. The van der Waals surface area contributed by atoms with E-state index in [1.165, 1.54) is 6.42 Å². The predicted molar refractivity (Wildman–Crippen MR) is 103 cm³/mol. The second-order valence-corrected chi connectivity index (χ2v) is 8.65. The largest absolute Gasteiger partial charge is 0.355 e. The monoisotopic (exact) mass is 368 g/mol. The van der Waals surface area contributed by atoms with E-state index in [1.807, 2.05) is 17.0 Å². The summed E-state index contributed by atoms with van der Waals surface area (Å²) in [6.45, 7) is 4.39. The van der Waals surface area contributed by atoms with Gasteiger partial charge in [-0.3, -0.25) is 9.59 Å². The van der Waals surface area contributed by atoms with Crippen molar-refractivity contribution in [1.82, 2.24) is 14.8 Å². The standard InChI is InChI=1S/C21H28N4O2/c26-19-7-3-6-18-16-11-15(13-25(18)19)12-24(14-16)20-17(5-4-8-22-20)21(27)23-9-1-2-10-23/h4-5,8,15-16,18H,1-3,6-7,9-14H2/t15-,16-,18+/m1/s1. The van der Waals surface area contributed by atoms with Crippen molar-refractivity contribution in [2.45, 2.75) is 44.6 Å². The molecular formula is C21H28N4O2. The van der Waals surface area contributed by atoms with Gasteiger partial charge in [-0.1, -0.05) is 0 Å². The number of amides is 2. The molecule has 3 atom stereocenters. The first kappa shape index (κ1) is 17.0. The summed E-state index contributed by atoms with van der Waals surface area (Å²) in [5, 5.41) is 0. The maximum absolute atomic E-state index is 13.0. The van der Waals surface area contributed by atoms with E-state index < -0.39 is 0 Å². The lowest BCUT2D eigenvalue weighted by Gasteiger charge is -2.52. The smallest absolute Gasteiger partial charge is 0.257 e. The first-order chi connectivity index (χ1) is 13.2. The van der Waals surface area contributed by atoms with Crippen molar-refractivity contribution in [2.75, 3.05) is 37.6 Å². The van der Waals surface area contributed by atoms with Crippen LogP contribution in [-0.2, 0) is 4.79 Å². The minimum atomic E-state index is 0.126. The minimum absolute atomic E-state index is 0.126. The summed E-state index contributed by atoms with van der Waals surface area (Å²) >= 11 is 0. The van der Waals surface area contributed by atoms with Crippen LogP contribution in [0, 0.1) is 11.8 Å². The molecule has 0 aliphatic carbocycles. The molecule has 4 saturated heterocycles. The Morgan fingerprint density at radius 1 is 1.11 bits per heavy atom. The second kappa shape index (κ2) is 6.80. The lowest BCUT2D eigenvalue weighted by atomic mass is 9.76. The van der Waals surface area contributed by atoms with Crippen molar-refractivity contribution in [3.05, 3.63) is 23.9 Å². The highest BCUT2D eigenvalue weighted by atomic mass is 16.2. The molecule has 0 saturated carbocycles. The van der Waals surface area contributed by atoms with Crippen LogP contribution in [0.25, 0.3) is 0 Å². The van der Waals surface area contributed by atoms with Gasteiger partial charge in [0.2, 0.25) is 5.91 Å². The zero-order valence-electron chi connectivity index (χ0n) is 15.8. The van der Waals surface area contributed by atoms with Crippen molar-refractivity contribution in [2.24, 2.45) is 11.8 Å². The third-order valence-electron chi connectivity index (χ3n) is 6.89. The number of carbonyl (C=O) groups excluding carboxylic acids is 2. The number of likely N-dealkylation sites (tertiary alicyclic amines) is 1. The number of fused-ring (bicyclic) bond motifs is 4. The van der Waals surface area contributed by atoms with Crippen molar-refractivity contribution >= 4 is 17.6 Å². The van der Waals surface area contributed by atoms with Crippen LogP contribution in [0.5, 0.6) is 0 Å². The molecule has 0 radical (unpaired) electrons. The molecule has 5 heterocycles. The van der Waals surface area contributed by atoms with Gasteiger partial charge in [-0.2, -0.15) is 0 Å². The van der Waals surface area contributed by atoms with E-state index in [4.69, 9.17) is 0 Å². The van der Waals surface area contributed by atoms with Gasteiger partial charge in [-0.05, 0) is 56.1 Å². The van der Waals surface area contributed by atoms with Gasteiger partial charge in [0, 0.05) is 51.4 Å². The highest BCUT2D eigenvalue weighted by molar-refractivity contribution is 5.99. The summed E-state index contributed by atoms with van der Waals surface area (Å²) < 4.78 is 0. The van der Waals surface area contributed by atoms with Crippen molar-refractivity contribution in [1.29, 1.82) is 0 Å². The number of carbonyl (C=O) groups is 2. The van der Waals surface area contributed by atoms with Crippen LogP contribution >= 0.6 is 0 Å². The van der Waals surface area contributed by atoms with Crippen molar-refractivity contribution in [3.63, 3.8) is 0 Å². The highest BCUT2D eigenvalue weighted by Crippen LogP contribution is 2.39. The highest BCUT2D eigenvalue weighted by Gasteiger charge is 2.44. The van der Waals surface area contributed by atoms with Gasteiger partial charge >= 0.3 is 0 Å². The molecule has 0 spiro atoms. The maximum Gasteiger partial charge on any atom is 0.257 e. The number of nitrogens with zero attached hydrogens (tertiary/aromatic N) is 4. The predicted octanol–water partition coefficient (Wildman–Crippen LogP) is 2.15. The first-order valence-corrected chi connectivity index (χ1v) is 10.5. The second-order valence-electron chi connectivity index (χ2n) is 8.65. The van der Waals surface area contributed by atoms with E-state index >= 15 is 0 Å². The Labute approximate surface area is 160 Å². The Balaban J connectivity index is 1.40. The summed E-state index contributed by atoms with van der Waals surface area (Å²) in [5.41, 5.74) is 0.746. The van der Waals surface area contributed by atoms with Crippen molar-refractivity contribution < 1.29 is 9.59 Å². The number of hydrogen-bond donors (Lipinski definition) is 0. The van der Waals surface area contributed by atoms with Crippen LogP contribution in [-0.4, -0.2) is 65.4 Å². The van der Waals surface area contributed by atoms with Gasteiger partial charge in [-0.25, -0.2) is 4.98 Å². The number of anilines is 1. The Morgan fingerprint density at radius 2 is 1.96 bits per heavy atom. The van der Waals surface area contributed by atoms with E-state index in [1.54, 1.807) is 6.20 Å². The van der Waals surface area contributed by atoms with Crippen LogP contribution < -0.4 is 4.90 Å². The van der Waals surface area contributed by atoms with Crippen LogP contribution in [0.15, 0.2) is 18.3 Å². The quantitative estimate of drug-likeness (QED) is 0.803. The third kappa shape index (κ3) is 2.99. The van der Waals surface area contributed by atoms with E-state index in [2.05, 4.69) is 14.8 Å². The lowest BCUT2D eigenvalue weighted by Crippen LogP contribution is -2.60. The van der Waals surface area contributed by atoms with E-state index in [0.717, 1.165) is 69.8 Å². The summed E-state index contributed by atoms with van der Waals surface area (Å²) in [6.07, 6.45) is 8.06. The van der Waals surface area contributed by atoms with Gasteiger partial charge in [0.1, 0.15) is 5.82 Å². The molecule has 27 heavy (non-hydrogen) atoms. The van der Waals surface area contributed by atoms with Crippen molar-refractivity contribution in [3.8, 4) is 0 Å². The molecule has 6 nitrogen and oxygen atoms in total. The fourth-order valence-corrected chi connectivity index (χ4v) is 5.69. The molecule has 4 fully saturated rings. The molecule has 4 aliphatic rings. The SMILES string of the molecule is O=C(c1cccnc1N1C[C@H]2C[C@H](C1)[C@@H]1CCCC(=O)N1C2)N1CCCC1. The fraction of sp³-hybridized carbons (Fsp3) is 0.667. The van der Waals surface area contributed by atoms with Crippen LogP contribution in [0.2, 0.25) is 0 Å². The first-order valence-electron chi connectivity index (χ1n) is 10.5. The number of pyridine rings is 1. The van der Waals surface area contributed by atoms with Crippen LogP contribution in [0.1, 0.15) is 48.9 Å². The Hall–Kier alpha value is -2.11. The molecule has 1 aromatic rings. The van der Waals surface area contributed by atoms with Gasteiger partial charge in [0.05, 0.1) is 5.56 Å². The number of rotatable bonds is 2. The molecule has 6 heteroatoms. The van der Waals surface area contributed by atoms with E-state index in [9.17, 15) is 9.59 Å². The van der Waals surface area contributed by atoms with Gasteiger partial charge in [-0.15, -0.1) is 0 Å². The van der Waals surface area contributed by atoms with Gasteiger partial charge in [0.25, 0.3) is 5.91 Å². The molecule has 2 amide bonds. The molecule has 0 N–H and O–H groups in total. The molecule has 2 bridgehead atoms. The fourth-order valence-electron chi connectivity index (χ4n) is 5.69. The average molecular weight is 368 g/mol. The normalized spacial score (nSPS) is 30.4. The van der Waals surface area contributed by atoms with E-state index in [0.29, 0.717) is 30.2 Å².